The number of nitrogens with zero attached hydrogens (tertiary/aromatic N) is 2. The van der Waals surface area contributed by atoms with E-state index < -0.39 is 0 Å². The molecule has 2 aromatic carbocycles. The van der Waals surface area contributed by atoms with E-state index in [-0.39, 0.29) is 5.91 Å². The number of amides is 1. The van der Waals surface area contributed by atoms with Crippen molar-refractivity contribution in [1.82, 2.24) is 9.78 Å². The van der Waals surface area contributed by atoms with Crippen molar-refractivity contribution < 1.29 is 9.53 Å². The van der Waals surface area contributed by atoms with Crippen molar-refractivity contribution >= 4 is 23.2 Å². The van der Waals surface area contributed by atoms with E-state index >= 15 is 0 Å². The van der Waals surface area contributed by atoms with Crippen LogP contribution >= 0.6 is 11.6 Å². The van der Waals surface area contributed by atoms with E-state index in [1.165, 1.54) is 0 Å². The Morgan fingerprint density at radius 1 is 1.15 bits per heavy atom. The molecule has 0 saturated carbocycles. The number of aryl methyl sites for hydroxylation is 1. The van der Waals surface area contributed by atoms with Gasteiger partial charge in [-0.15, -0.1) is 0 Å². The number of halogens is 1. The summed E-state index contributed by atoms with van der Waals surface area (Å²) in [6.45, 7) is 6.67. The number of carbonyl (C=O) groups is 1. The molecule has 1 amide bonds. The first-order chi connectivity index (χ1) is 13.0. The van der Waals surface area contributed by atoms with Crippen molar-refractivity contribution in [1.29, 1.82) is 0 Å². The molecule has 0 unspecified atom stereocenters. The maximum absolute atomic E-state index is 12.9. The van der Waals surface area contributed by atoms with Crippen molar-refractivity contribution in [3.63, 3.8) is 0 Å². The Kier molecular flexibility index (Phi) is 5.81. The molecule has 0 radical (unpaired) electrons. The highest BCUT2D eigenvalue weighted by atomic mass is 35.5. The van der Waals surface area contributed by atoms with Gasteiger partial charge in [0.2, 0.25) is 0 Å². The van der Waals surface area contributed by atoms with Gasteiger partial charge in [-0.1, -0.05) is 41.9 Å². The molecule has 27 heavy (non-hydrogen) atoms. The molecule has 0 aliphatic rings. The highest BCUT2D eigenvalue weighted by molar-refractivity contribution is 6.31. The molecule has 3 rings (SSSR count). The number of para-hydroxylation sites is 2. The molecule has 0 saturated heterocycles. The zero-order valence-electron chi connectivity index (χ0n) is 15.6. The van der Waals surface area contributed by atoms with Crippen molar-refractivity contribution in [3.05, 3.63) is 76.1 Å². The summed E-state index contributed by atoms with van der Waals surface area (Å²) in [6, 6.07) is 15.0. The Balaban J connectivity index is 1.86. The third-order valence-corrected chi connectivity index (χ3v) is 4.69. The second-order valence-corrected chi connectivity index (χ2v) is 6.59. The minimum atomic E-state index is -0.206. The van der Waals surface area contributed by atoms with E-state index in [0.717, 1.165) is 11.3 Å². The number of carbonyl (C=O) groups excluding carboxylic acids is 1. The molecular weight excluding hydrogens is 362 g/mol. The molecule has 0 fully saturated rings. The number of anilines is 1. The second-order valence-electron chi connectivity index (χ2n) is 6.18. The lowest BCUT2D eigenvalue weighted by Gasteiger charge is -2.11. The van der Waals surface area contributed by atoms with Crippen LogP contribution in [0.4, 0.5) is 5.69 Å². The number of hydrogen-bond donors (Lipinski definition) is 1. The first-order valence-corrected chi connectivity index (χ1v) is 9.19. The van der Waals surface area contributed by atoms with Gasteiger partial charge in [-0.25, -0.2) is 0 Å². The van der Waals surface area contributed by atoms with E-state index in [0.29, 0.717) is 40.9 Å². The summed E-state index contributed by atoms with van der Waals surface area (Å²) < 4.78 is 7.39. The third kappa shape index (κ3) is 4.14. The van der Waals surface area contributed by atoms with Crippen molar-refractivity contribution in [2.24, 2.45) is 0 Å². The number of rotatable bonds is 6. The van der Waals surface area contributed by atoms with Crippen molar-refractivity contribution in [3.8, 4) is 5.75 Å². The number of nitrogens with one attached hydrogen (secondary N) is 1. The minimum absolute atomic E-state index is 0.206. The van der Waals surface area contributed by atoms with Crippen LogP contribution in [-0.4, -0.2) is 22.3 Å². The van der Waals surface area contributed by atoms with Gasteiger partial charge >= 0.3 is 0 Å². The maximum atomic E-state index is 12.9. The smallest absolute Gasteiger partial charge is 0.259 e. The van der Waals surface area contributed by atoms with Crippen LogP contribution in [0.2, 0.25) is 5.02 Å². The lowest BCUT2D eigenvalue weighted by Crippen LogP contribution is -2.15. The Labute approximate surface area is 163 Å². The summed E-state index contributed by atoms with van der Waals surface area (Å²) in [6.07, 6.45) is 0. The number of hydrogen-bond acceptors (Lipinski definition) is 3. The molecule has 5 nitrogen and oxygen atoms in total. The molecule has 0 spiro atoms. The van der Waals surface area contributed by atoms with Crippen molar-refractivity contribution in [2.75, 3.05) is 11.9 Å². The van der Waals surface area contributed by atoms with Gasteiger partial charge in [0.15, 0.2) is 0 Å². The van der Waals surface area contributed by atoms with Crippen LogP contribution in [0.1, 0.15) is 34.2 Å². The minimum Gasteiger partial charge on any atom is -0.492 e. The van der Waals surface area contributed by atoms with Crippen LogP contribution in [0, 0.1) is 13.8 Å². The Bertz CT molecular complexity index is 966. The largest absolute Gasteiger partial charge is 0.492 e. The first-order valence-electron chi connectivity index (χ1n) is 8.81. The van der Waals surface area contributed by atoms with Gasteiger partial charge in [-0.2, -0.15) is 5.10 Å². The lowest BCUT2D eigenvalue weighted by atomic mass is 10.1. The van der Waals surface area contributed by atoms with Crippen LogP contribution in [0.25, 0.3) is 0 Å². The number of aromatic nitrogens is 2. The number of benzene rings is 2. The van der Waals surface area contributed by atoms with Gasteiger partial charge in [0.05, 0.1) is 30.1 Å². The lowest BCUT2D eigenvalue weighted by molar-refractivity contribution is 0.102. The molecule has 1 aromatic heterocycles. The van der Waals surface area contributed by atoms with Crippen LogP contribution in [0.5, 0.6) is 5.75 Å². The zero-order chi connectivity index (χ0) is 19.4. The maximum Gasteiger partial charge on any atom is 0.259 e. The van der Waals surface area contributed by atoms with E-state index in [1.54, 1.807) is 4.68 Å². The number of ether oxygens (including phenoxy) is 1. The topological polar surface area (TPSA) is 56.1 Å². The first kappa shape index (κ1) is 19.0. The normalized spacial score (nSPS) is 10.7. The fraction of sp³-hybridized carbons (Fsp3) is 0.238. The van der Waals surface area contributed by atoms with Crippen LogP contribution in [0.3, 0.4) is 0 Å². The fourth-order valence-electron chi connectivity index (χ4n) is 3.00. The molecule has 1 heterocycles. The quantitative estimate of drug-likeness (QED) is 0.661. The molecule has 1 N–H and O–H groups in total. The van der Waals surface area contributed by atoms with E-state index in [1.807, 2.05) is 69.3 Å². The highest BCUT2D eigenvalue weighted by Gasteiger charge is 2.20. The summed E-state index contributed by atoms with van der Waals surface area (Å²) in [7, 11) is 0. The van der Waals surface area contributed by atoms with Crippen LogP contribution in [-0.2, 0) is 6.54 Å². The van der Waals surface area contributed by atoms with Crippen LogP contribution in [0.15, 0.2) is 48.5 Å². The summed E-state index contributed by atoms with van der Waals surface area (Å²) in [5.41, 5.74) is 3.62. The van der Waals surface area contributed by atoms with Gasteiger partial charge in [0.25, 0.3) is 5.91 Å². The van der Waals surface area contributed by atoms with Gasteiger partial charge in [-0.05, 0) is 44.5 Å². The summed E-state index contributed by atoms with van der Waals surface area (Å²) in [5, 5.41) is 8.15. The highest BCUT2D eigenvalue weighted by Crippen LogP contribution is 2.26. The summed E-state index contributed by atoms with van der Waals surface area (Å²) in [4.78, 5) is 12.9. The van der Waals surface area contributed by atoms with E-state index in [9.17, 15) is 4.79 Å². The predicted molar refractivity (Wildman–Crippen MR) is 108 cm³/mol. The third-order valence-electron chi connectivity index (χ3n) is 4.32. The van der Waals surface area contributed by atoms with Gasteiger partial charge in [0.1, 0.15) is 5.75 Å². The fourth-order valence-corrected chi connectivity index (χ4v) is 3.20. The standard InChI is InChI=1S/C21H22ClN3O2/c1-4-27-19-12-8-7-11-18(19)23-21(26)20-14(2)24-25(15(20)3)13-16-9-5-6-10-17(16)22/h5-12H,4,13H2,1-3H3,(H,23,26). The second kappa shape index (κ2) is 8.27. The van der Waals surface area contributed by atoms with Crippen molar-refractivity contribution in [2.45, 2.75) is 27.3 Å². The van der Waals surface area contributed by atoms with Crippen LogP contribution < -0.4 is 10.1 Å². The average molecular weight is 384 g/mol. The Hall–Kier alpha value is -2.79. The molecular formula is C21H22ClN3O2. The molecule has 0 bridgehead atoms. The summed E-state index contributed by atoms with van der Waals surface area (Å²) >= 11 is 6.26. The molecule has 0 aliphatic heterocycles. The average Bonchev–Trinajstić information content (AvgIpc) is 2.92. The molecule has 0 aliphatic carbocycles. The molecule has 0 atom stereocenters. The molecule has 140 valence electrons. The monoisotopic (exact) mass is 383 g/mol. The van der Waals surface area contributed by atoms with Gasteiger partial charge < -0.3 is 10.1 Å². The zero-order valence-corrected chi connectivity index (χ0v) is 16.4. The molecule has 6 heteroatoms. The SMILES string of the molecule is CCOc1ccccc1NC(=O)c1c(C)nn(Cc2ccccc2Cl)c1C. The summed E-state index contributed by atoms with van der Waals surface area (Å²) in [5.74, 6) is 0.440. The Morgan fingerprint density at radius 2 is 1.85 bits per heavy atom. The predicted octanol–water partition coefficient (Wildman–Crippen LogP) is 4.85. The van der Waals surface area contributed by atoms with Gasteiger partial charge in [-0.3, -0.25) is 9.48 Å². The van der Waals surface area contributed by atoms with Gasteiger partial charge in [0, 0.05) is 10.7 Å². The van der Waals surface area contributed by atoms with E-state index in [2.05, 4.69) is 10.4 Å². The van der Waals surface area contributed by atoms with E-state index in [4.69, 9.17) is 16.3 Å². The molecule has 3 aromatic rings. The Morgan fingerprint density at radius 3 is 2.59 bits per heavy atom.